The molecule has 0 aliphatic carbocycles. The summed E-state index contributed by atoms with van der Waals surface area (Å²) >= 11 is 0. The fraction of sp³-hybridized carbons (Fsp3) is 0.333. The van der Waals surface area contributed by atoms with Crippen LogP contribution in [0.25, 0.3) is 11.3 Å². The molecule has 2 aromatic rings. The quantitative estimate of drug-likeness (QED) is 0.837. The van der Waals surface area contributed by atoms with Gasteiger partial charge in [-0.3, -0.25) is 9.67 Å². The fourth-order valence-corrected chi connectivity index (χ4v) is 1.81. The number of anilines is 1. The number of nitrogen functional groups attached to an aromatic ring is 1. The Morgan fingerprint density at radius 3 is 2.62 bits per heavy atom. The van der Waals surface area contributed by atoms with Crippen molar-refractivity contribution < 1.29 is 0 Å². The molecular formula is C12H16N4. The normalized spacial score (nSPS) is 10.7. The topological polar surface area (TPSA) is 56.7 Å². The molecule has 4 nitrogen and oxygen atoms in total. The zero-order valence-electron chi connectivity index (χ0n) is 9.86. The lowest BCUT2D eigenvalue weighted by Crippen LogP contribution is -1.99. The van der Waals surface area contributed by atoms with E-state index >= 15 is 0 Å². The van der Waals surface area contributed by atoms with E-state index in [9.17, 15) is 0 Å². The van der Waals surface area contributed by atoms with E-state index in [0.717, 1.165) is 29.1 Å². The number of aromatic nitrogens is 3. The minimum atomic E-state index is 0.707. The first-order chi connectivity index (χ1) is 7.63. The van der Waals surface area contributed by atoms with Crippen molar-refractivity contribution >= 4 is 5.69 Å². The smallest absolute Gasteiger partial charge is 0.0965 e. The monoisotopic (exact) mass is 216 g/mol. The molecule has 16 heavy (non-hydrogen) atoms. The average Bonchev–Trinajstić information content (AvgIpc) is 2.60. The number of hydrogen-bond donors (Lipinski definition) is 1. The fourth-order valence-electron chi connectivity index (χ4n) is 1.81. The molecule has 4 heteroatoms. The van der Waals surface area contributed by atoms with Gasteiger partial charge >= 0.3 is 0 Å². The molecule has 2 N–H and O–H groups in total. The average molecular weight is 216 g/mol. The van der Waals surface area contributed by atoms with Crippen molar-refractivity contribution in [3.8, 4) is 11.3 Å². The van der Waals surface area contributed by atoms with Gasteiger partial charge in [0.25, 0.3) is 0 Å². The van der Waals surface area contributed by atoms with Crippen molar-refractivity contribution in [3.05, 3.63) is 29.7 Å². The molecule has 2 heterocycles. The van der Waals surface area contributed by atoms with Crippen LogP contribution in [0.1, 0.15) is 18.2 Å². The zero-order chi connectivity index (χ0) is 11.7. The maximum Gasteiger partial charge on any atom is 0.0965 e. The van der Waals surface area contributed by atoms with Crippen LogP contribution in [0.2, 0.25) is 0 Å². The first-order valence-electron chi connectivity index (χ1n) is 5.38. The van der Waals surface area contributed by atoms with Crippen LogP contribution in [0.3, 0.4) is 0 Å². The van der Waals surface area contributed by atoms with E-state index in [4.69, 9.17) is 5.73 Å². The van der Waals surface area contributed by atoms with Gasteiger partial charge in [0, 0.05) is 24.0 Å². The van der Waals surface area contributed by atoms with Crippen LogP contribution in [0, 0.1) is 13.8 Å². The van der Waals surface area contributed by atoms with E-state index in [2.05, 4.69) is 17.0 Å². The molecule has 0 atom stereocenters. The van der Waals surface area contributed by atoms with E-state index in [0.29, 0.717) is 5.69 Å². The second-order valence-corrected chi connectivity index (χ2v) is 3.91. The Bertz CT molecular complexity index is 514. The predicted molar refractivity (Wildman–Crippen MR) is 65.0 cm³/mol. The molecule has 0 aliphatic rings. The maximum atomic E-state index is 5.97. The summed E-state index contributed by atoms with van der Waals surface area (Å²) < 4.78 is 1.94. The van der Waals surface area contributed by atoms with Crippen LogP contribution in [-0.2, 0) is 6.54 Å². The Morgan fingerprint density at radius 2 is 2.06 bits per heavy atom. The van der Waals surface area contributed by atoms with E-state index in [-0.39, 0.29) is 0 Å². The summed E-state index contributed by atoms with van der Waals surface area (Å²) in [7, 11) is 0. The Labute approximate surface area is 95.1 Å². The Hall–Kier alpha value is -1.84. The molecule has 0 bridgehead atoms. The number of aryl methyl sites for hydroxylation is 2. The summed E-state index contributed by atoms with van der Waals surface area (Å²) in [6.07, 6.45) is 3.65. The third-order valence-electron chi connectivity index (χ3n) is 2.71. The van der Waals surface area contributed by atoms with Gasteiger partial charge < -0.3 is 5.73 Å². The van der Waals surface area contributed by atoms with Gasteiger partial charge in [-0.1, -0.05) is 0 Å². The Morgan fingerprint density at radius 1 is 1.31 bits per heavy atom. The van der Waals surface area contributed by atoms with Crippen LogP contribution < -0.4 is 5.73 Å². The first-order valence-corrected chi connectivity index (χ1v) is 5.38. The number of pyridine rings is 1. The molecule has 2 aromatic heterocycles. The van der Waals surface area contributed by atoms with E-state index in [1.165, 1.54) is 0 Å². The molecular weight excluding hydrogens is 200 g/mol. The van der Waals surface area contributed by atoms with Crippen LogP contribution >= 0.6 is 0 Å². The highest BCUT2D eigenvalue weighted by molar-refractivity contribution is 5.73. The Kier molecular flexibility index (Phi) is 2.64. The second kappa shape index (κ2) is 3.96. The lowest BCUT2D eigenvalue weighted by atomic mass is 10.1. The van der Waals surface area contributed by atoms with Gasteiger partial charge in [-0.15, -0.1) is 0 Å². The second-order valence-electron chi connectivity index (χ2n) is 3.91. The van der Waals surface area contributed by atoms with Gasteiger partial charge in [-0.2, -0.15) is 5.10 Å². The van der Waals surface area contributed by atoms with Gasteiger partial charge in [0.1, 0.15) is 0 Å². The molecule has 0 fully saturated rings. The van der Waals surface area contributed by atoms with Crippen molar-refractivity contribution in [2.45, 2.75) is 27.3 Å². The molecule has 0 spiro atoms. The van der Waals surface area contributed by atoms with Crippen LogP contribution in [0.4, 0.5) is 5.69 Å². The minimum Gasteiger partial charge on any atom is -0.397 e. The molecule has 0 radical (unpaired) electrons. The van der Waals surface area contributed by atoms with Crippen molar-refractivity contribution in [2.75, 3.05) is 5.73 Å². The summed E-state index contributed by atoms with van der Waals surface area (Å²) in [5.41, 5.74) is 10.7. The molecule has 0 aliphatic heterocycles. The number of hydrogen-bond acceptors (Lipinski definition) is 3. The number of rotatable bonds is 2. The summed E-state index contributed by atoms with van der Waals surface area (Å²) in [6.45, 7) is 6.94. The molecule has 84 valence electrons. The van der Waals surface area contributed by atoms with Crippen LogP contribution in [0.5, 0.6) is 0 Å². The van der Waals surface area contributed by atoms with E-state index in [1.54, 1.807) is 0 Å². The van der Waals surface area contributed by atoms with Gasteiger partial charge in [0.15, 0.2) is 0 Å². The van der Waals surface area contributed by atoms with E-state index in [1.807, 2.05) is 37.0 Å². The zero-order valence-corrected chi connectivity index (χ0v) is 9.86. The highest BCUT2D eigenvalue weighted by atomic mass is 15.3. The summed E-state index contributed by atoms with van der Waals surface area (Å²) in [5, 5.41) is 4.30. The van der Waals surface area contributed by atoms with Gasteiger partial charge in [0.05, 0.1) is 17.6 Å². The lowest BCUT2D eigenvalue weighted by molar-refractivity contribution is 0.640. The third kappa shape index (κ3) is 1.66. The molecule has 0 saturated carbocycles. The van der Waals surface area contributed by atoms with Gasteiger partial charge in [0.2, 0.25) is 0 Å². The number of nitrogens with zero attached hydrogens (tertiary/aromatic N) is 3. The lowest BCUT2D eigenvalue weighted by Gasteiger charge is -2.05. The van der Waals surface area contributed by atoms with Crippen molar-refractivity contribution in [1.82, 2.24) is 14.8 Å². The molecule has 0 aromatic carbocycles. The standard InChI is InChI=1S/C12H16N4/c1-4-16-9(3)10(7-15-16)12-11(13)5-8(2)6-14-12/h5-7H,4,13H2,1-3H3. The summed E-state index contributed by atoms with van der Waals surface area (Å²) in [4.78, 5) is 4.38. The van der Waals surface area contributed by atoms with E-state index < -0.39 is 0 Å². The van der Waals surface area contributed by atoms with Crippen LogP contribution in [0.15, 0.2) is 18.5 Å². The first kappa shape index (κ1) is 10.7. The van der Waals surface area contributed by atoms with Crippen molar-refractivity contribution in [3.63, 3.8) is 0 Å². The van der Waals surface area contributed by atoms with Crippen molar-refractivity contribution in [2.24, 2.45) is 0 Å². The minimum absolute atomic E-state index is 0.707. The van der Waals surface area contributed by atoms with Crippen LogP contribution in [-0.4, -0.2) is 14.8 Å². The summed E-state index contributed by atoms with van der Waals surface area (Å²) in [5.74, 6) is 0. The molecule has 0 amide bonds. The number of nitrogens with two attached hydrogens (primary N) is 1. The van der Waals surface area contributed by atoms with Gasteiger partial charge in [-0.25, -0.2) is 0 Å². The SMILES string of the molecule is CCn1ncc(-c2ncc(C)cc2N)c1C. The Balaban J connectivity index is 2.54. The third-order valence-corrected chi connectivity index (χ3v) is 2.71. The molecule has 0 unspecified atom stereocenters. The largest absolute Gasteiger partial charge is 0.397 e. The molecule has 2 rings (SSSR count). The maximum absolute atomic E-state index is 5.97. The predicted octanol–water partition coefficient (Wildman–Crippen LogP) is 2.16. The highest BCUT2D eigenvalue weighted by Crippen LogP contribution is 2.26. The van der Waals surface area contributed by atoms with Gasteiger partial charge in [-0.05, 0) is 32.4 Å². The molecule has 0 saturated heterocycles. The highest BCUT2D eigenvalue weighted by Gasteiger charge is 2.11. The summed E-state index contributed by atoms with van der Waals surface area (Å²) in [6, 6.07) is 1.94. The van der Waals surface area contributed by atoms with Crippen molar-refractivity contribution in [1.29, 1.82) is 0 Å².